The van der Waals surface area contributed by atoms with Crippen LogP contribution < -0.4 is 4.74 Å². The molecule has 4 rings (SSSR count). The Kier molecular flexibility index (Phi) is 5.43. The molecule has 0 N–H and O–H groups in total. The smallest absolute Gasteiger partial charge is 0.410 e. The van der Waals surface area contributed by atoms with Crippen LogP contribution in [0.5, 0.6) is 5.75 Å². The zero-order chi connectivity index (χ0) is 22.2. The van der Waals surface area contributed by atoms with Crippen molar-refractivity contribution in [3.63, 3.8) is 0 Å². The molecule has 1 atom stereocenters. The Hall–Kier alpha value is -3.35. The van der Waals surface area contributed by atoms with Crippen LogP contribution >= 0.6 is 0 Å². The lowest BCUT2D eigenvalue weighted by Gasteiger charge is -2.35. The molecule has 0 radical (unpaired) electrons. The van der Waals surface area contributed by atoms with Crippen LogP contribution in [-0.2, 0) is 11.3 Å². The van der Waals surface area contributed by atoms with Gasteiger partial charge in [-0.05, 0) is 69.7 Å². The molecule has 0 bridgehead atoms. The normalized spacial score (nSPS) is 16.0. The third-order valence-electron chi connectivity index (χ3n) is 5.37. The molecule has 0 saturated carbocycles. The van der Waals surface area contributed by atoms with Gasteiger partial charge in [0.1, 0.15) is 17.0 Å². The number of hydrogen-bond donors (Lipinski definition) is 0. The van der Waals surface area contributed by atoms with E-state index in [2.05, 4.69) is 4.98 Å². The summed E-state index contributed by atoms with van der Waals surface area (Å²) in [6, 6.07) is 11.6. The summed E-state index contributed by atoms with van der Waals surface area (Å²) in [4.78, 5) is 18.8. The second-order valence-corrected chi connectivity index (χ2v) is 8.65. The van der Waals surface area contributed by atoms with E-state index in [1.54, 1.807) is 24.4 Å². The Labute approximate surface area is 182 Å². The molecule has 1 aromatic carbocycles. The first-order valence-electron chi connectivity index (χ1n) is 10.4. The van der Waals surface area contributed by atoms with Crippen molar-refractivity contribution in [1.29, 1.82) is 0 Å². The van der Waals surface area contributed by atoms with Gasteiger partial charge in [0, 0.05) is 30.1 Å². The summed E-state index contributed by atoms with van der Waals surface area (Å²) in [6.45, 7) is 8.82. The Bertz CT molecular complexity index is 1070. The maximum atomic E-state index is 12.9. The first-order valence-corrected chi connectivity index (χ1v) is 10.4. The maximum absolute atomic E-state index is 12.9. The average Bonchev–Trinajstić information content (AvgIpc) is 3.14. The summed E-state index contributed by atoms with van der Waals surface area (Å²) in [7, 11) is 1.65. The molecule has 1 unspecified atom stereocenters. The van der Waals surface area contributed by atoms with Crippen LogP contribution in [0.25, 0.3) is 22.4 Å². The van der Waals surface area contributed by atoms with Crippen molar-refractivity contribution in [2.75, 3.05) is 13.7 Å². The van der Waals surface area contributed by atoms with Gasteiger partial charge in [0.25, 0.3) is 0 Å². The summed E-state index contributed by atoms with van der Waals surface area (Å²) in [5.74, 6) is 0.794. The first kappa shape index (κ1) is 20.9. The molecular weight excluding hydrogens is 392 g/mol. The van der Waals surface area contributed by atoms with E-state index >= 15 is 0 Å². The zero-order valence-corrected chi connectivity index (χ0v) is 18.6. The second-order valence-electron chi connectivity index (χ2n) is 8.65. The molecule has 0 saturated heterocycles. The number of carbonyl (C=O) groups excluding carboxylic acids is 1. The van der Waals surface area contributed by atoms with E-state index in [-0.39, 0.29) is 12.1 Å². The van der Waals surface area contributed by atoms with Crippen molar-refractivity contribution in [2.24, 2.45) is 0 Å². The summed E-state index contributed by atoms with van der Waals surface area (Å²) in [6.07, 6.45) is 3.24. The Morgan fingerprint density at radius 3 is 2.32 bits per heavy atom. The number of aromatic nitrogens is 3. The summed E-state index contributed by atoms with van der Waals surface area (Å²) >= 11 is 0. The highest BCUT2D eigenvalue weighted by molar-refractivity contribution is 5.84. The molecule has 0 fully saturated rings. The van der Waals surface area contributed by atoms with Gasteiger partial charge in [0.05, 0.1) is 25.4 Å². The Morgan fingerprint density at radius 1 is 1.03 bits per heavy atom. The van der Waals surface area contributed by atoms with Crippen LogP contribution in [0, 0.1) is 0 Å². The van der Waals surface area contributed by atoms with Crippen LogP contribution in [0.1, 0.15) is 39.4 Å². The largest absolute Gasteiger partial charge is 0.497 e. The maximum Gasteiger partial charge on any atom is 0.410 e. The van der Waals surface area contributed by atoms with Crippen molar-refractivity contribution in [1.82, 2.24) is 19.7 Å². The Balaban J connectivity index is 1.82. The number of pyridine rings is 1. The number of amides is 1. The average molecular weight is 421 g/mol. The monoisotopic (exact) mass is 420 g/mol. The lowest BCUT2D eigenvalue weighted by Crippen LogP contribution is -2.43. The number of carbonyl (C=O) groups is 1. The van der Waals surface area contributed by atoms with Gasteiger partial charge in [-0.3, -0.25) is 14.6 Å². The fourth-order valence-electron chi connectivity index (χ4n) is 3.94. The predicted octanol–water partition coefficient (Wildman–Crippen LogP) is 4.93. The van der Waals surface area contributed by atoms with Crippen molar-refractivity contribution in [3.05, 3.63) is 54.5 Å². The van der Waals surface area contributed by atoms with Gasteiger partial charge >= 0.3 is 6.09 Å². The third kappa shape index (κ3) is 4.13. The number of methoxy groups -OCH3 is 1. The number of fused-ring (bicyclic) bond motifs is 1. The number of rotatable bonds is 3. The van der Waals surface area contributed by atoms with Gasteiger partial charge in [-0.2, -0.15) is 5.10 Å². The SMILES string of the molecule is COc1ccc(-c2nn3c(c2-c2ccncc2)C(C)N(C(=O)OC(C)(C)C)CC3)cc1. The fraction of sp³-hybridized carbons (Fsp3) is 0.375. The number of ether oxygens (including phenoxy) is 2. The molecule has 1 amide bonds. The van der Waals surface area contributed by atoms with E-state index in [1.807, 2.05) is 68.8 Å². The molecule has 0 aliphatic carbocycles. The van der Waals surface area contributed by atoms with Gasteiger partial charge in [0.15, 0.2) is 0 Å². The summed E-state index contributed by atoms with van der Waals surface area (Å²) in [5.41, 5.74) is 4.34. The summed E-state index contributed by atoms with van der Waals surface area (Å²) < 4.78 is 13.0. The minimum absolute atomic E-state index is 0.189. The number of nitrogens with zero attached hydrogens (tertiary/aromatic N) is 4. The van der Waals surface area contributed by atoms with Gasteiger partial charge in [-0.15, -0.1) is 0 Å². The lowest BCUT2D eigenvalue weighted by atomic mass is 9.96. The van der Waals surface area contributed by atoms with E-state index in [4.69, 9.17) is 14.6 Å². The second kappa shape index (κ2) is 8.06. The van der Waals surface area contributed by atoms with Crippen molar-refractivity contribution >= 4 is 6.09 Å². The molecule has 0 spiro atoms. The fourth-order valence-corrected chi connectivity index (χ4v) is 3.94. The van der Waals surface area contributed by atoms with Gasteiger partial charge in [-0.1, -0.05) is 0 Å². The van der Waals surface area contributed by atoms with Crippen LogP contribution in [0.2, 0.25) is 0 Å². The van der Waals surface area contributed by atoms with Crippen LogP contribution in [0.4, 0.5) is 4.79 Å². The van der Waals surface area contributed by atoms with E-state index in [9.17, 15) is 4.79 Å². The molecular formula is C24H28N4O3. The molecule has 2 aromatic heterocycles. The first-order chi connectivity index (χ1) is 14.8. The molecule has 3 aromatic rings. The van der Waals surface area contributed by atoms with Crippen LogP contribution in [0.15, 0.2) is 48.8 Å². The van der Waals surface area contributed by atoms with Crippen molar-refractivity contribution < 1.29 is 14.3 Å². The topological polar surface area (TPSA) is 69.5 Å². The van der Waals surface area contributed by atoms with E-state index < -0.39 is 5.60 Å². The zero-order valence-electron chi connectivity index (χ0n) is 18.6. The minimum Gasteiger partial charge on any atom is -0.497 e. The highest BCUT2D eigenvalue weighted by atomic mass is 16.6. The number of hydrogen-bond acceptors (Lipinski definition) is 5. The van der Waals surface area contributed by atoms with Gasteiger partial charge < -0.3 is 9.47 Å². The van der Waals surface area contributed by atoms with Gasteiger partial charge in [0.2, 0.25) is 0 Å². The molecule has 1 aliphatic heterocycles. The van der Waals surface area contributed by atoms with E-state index in [0.29, 0.717) is 13.1 Å². The quantitative estimate of drug-likeness (QED) is 0.601. The van der Waals surface area contributed by atoms with Crippen molar-refractivity contribution in [2.45, 2.75) is 45.9 Å². The lowest BCUT2D eigenvalue weighted by molar-refractivity contribution is 0.0121. The minimum atomic E-state index is -0.545. The highest BCUT2D eigenvalue weighted by Crippen LogP contribution is 2.41. The van der Waals surface area contributed by atoms with E-state index in [1.165, 1.54) is 0 Å². The van der Waals surface area contributed by atoms with Gasteiger partial charge in [-0.25, -0.2) is 4.79 Å². The number of benzene rings is 1. The molecule has 1 aliphatic rings. The van der Waals surface area contributed by atoms with Crippen molar-refractivity contribution in [3.8, 4) is 28.1 Å². The Morgan fingerprint density at radius 2 is 1.71 bits per heavy atom. The van der Waals surface area contributed by atoms with Crippen LogP contribution in [0.3, 0.4) is 0 Å². The molecule has 7 heteroatoms. The van der Waals surface area contributed by atoms with E-state index in [0.717, 1.165) is 33.8 Å². The third-order valence-corrected chi connectivity index (χ3v) is 5.37. The summed E-state index contributed by atoms with van der Waals surface area (Å²) in [5, 5.41) is 4.95. The van der Waals surface area contributed by atoms with Crippen LogP contribution in [-0.4, -0.2) is 45.0 Å². The molecule has 31 heavy (non-hydrogen) atoms. The molecule has 3 heterocycles. The predicted molar refractivity (Wildman–Crippen MR) is 119 cm³/mol. The highest BCUT2D eigenvalue weighted by Gasteiger charge is 2.35. The molecule has 7 nitrogen and oxygen atoms in total. The standard InChI is InChI=1S/C24H28N4O3/c1-16-22-20(17-10-12-25-13-11-17)21(18-6-8-19(30-5)9-7-18)26-28(22)15-14-27(16)23(29)31-24(2,3)4/h6-13,16H,14-15H2,1-5H3. The molecule has 162 valence electrons.